The molecular formula is C14H14O3. The first-order valence-electron chi connectivity index (χ1n) is 5.59. The predicted octanol–water partition coefficient (Wildman–Crippen LogP) is 3.40. The summed E-state index contributed by atoms with van der Waals surface area (Å²) in [4.78, 5) is 11.1. The first-order chi connectivity index (χ1) is 8.29. The molecule has 0 fully saturated rings. The summed E-state index contributed by atoms with van der Waals surface area (Å²) >= 11 is 0. The van der Waals surface area contributed by atoms with Crippen LogP contribution in [0.4, 0.5) is 0 Å². The lowest BCUT2D eigenvalue weighted by atomic mass is 10.1. The summed E-state index contributed by atoms with van der Waals surface area (Å²) in [5, 5.41) is 1.06. The molecule has 0 aliphatic rings. The Morgan fingerprint density at radius 1 is 1.41 bits per heavy atom. The Labute approximate surface area is 99.7 Å². The number of furan rings is 1. The third-order valence-corrected chi connectivity index (χ3v) is 2.38. The number of benzene rings is 1. The van der Waals surface area contributed by atoms with Gasteiger partial charge in [0, 0.05) is 5.39 Å². The zero-order valence-corrected chi connectivity index (χ0v) is 9.68. The number of hydrogen-bond donors (Lipinski definition) is 0. The van der Waals surface area contributed by atoms with Crippen molar-refractivity contribution in [2.45, 2.75) is 13.3 Å². The summed E-state index contributed by atoms with van der Waals surface area (Å²) in [5.41, 5.74) is 1.91. The molecule has 3 heteroatoms. The fourth-order valence-electron chi connectivity index (χ4n) is 1.60. The maximum absolute atomic E-state index is 11.1. The van der Waals surface area contributed by atoms with Crippen LogP contribution in [0.2, 0.25) is 0 Å². The Morgan fingerprint density at radius 2 is 2.29 bits per heavy atom. The number of esters is 1. The van der Waals surface area contributed by atoms with Gasteiger partial charge in [-0.25, -0.2) is 0 Å². The molecule has 2 rings (SSSR count). The monoisotopic (exact) mass is 230 g/mol. The SMILES string of the molecule is CCOC(=O)CC=Cc1ccc2occc2c1. The van der Waals surface area contributed by atoms with Crippen molar-refractivity contribution in [1.29, 1.82) is 0 Å². The minimum absolute atomic E-state index is 0.201. The molecule has 1 aromatic heterocycles. The standard InChI is InChI=1S/C14H14O3/c1-2-16-14(15)5-3-4-11-6-7-13-12(10-11)8-9-17-13/h3-4,6-10H,2,5H2,1H3. The molecule has 0 radical (unpaired) electrons. The van der Waals surface area contributed by atoms with Gasteiger partial charge < -0.3 is 9.15 Å². The molecule has 0 saturated carbocycles. The van der Waals surface area contributed by atoms with Crippen molar-refractivity contribution in [3.05, 3.63) is 42.2 Å². The minimum atomic E-state index is -0.201. The van der Waals surface area contributed by atoms with Crippen LogP contribution >= 0.6 is 0 Å². The molecule has 0 aliphatic carbocycles. The highest BCUT2D eigenvalue weighted by Crippen LogP contribution is 2.17. The molecule has 0 N–H and O–H groups in total. The van der Waals surface area contributed by atoms with Crippen LogP contribution in [-0.4, -0.2) is 12.6 Å². The first-order valence-corrected chi connectivity index (χ1v) is 5.59. The first kappa shape index (κ1) is 11.5. The summed E-state index contributed by atoms with van der Waals surface area (Å²) in [6, 6.07) is 7.80. The normalized spacial score (nSPS) is 11.1. The average Bonchev–Trinajstić information content (AvgIpc) is 2.76. The van der Waals surface area contributed by atoms with E-state index in [-0.39, 0.29) is 5.97 Å². The molecule has 3 nitrogen and oxygen atoms in total. The van der Waals surface area contributed by atoms with Gasteiger partial charge in [-0.15, -0.1) is 0 Å². The molecule has 0 amide bonds. The van der Waals surface area contributed by atoms with E-state index in [2.05, 4.69) is 0 Å². The number of carbonyl (C=O) groups excluding carboxylic acids is 1. The fraction of sp³-hybridized carbons (Fsp3) is 0.214. The van der Waals surface area contributed by atoms with Crippen molar-refractivity contribution in [3.8, 4) is 0 Å². The van der Waals surface area contributed by atoms with Crippen molar-refractivity contribution < 1.29 is 13.9 Å². The largest absolute Gasteiger partial charge is 0.466 e. The molecule has 88 valence electrons. The third kappa shape index (κ3) is 2.97. The maximum atomic E-state index is 11.1. The van der Waals surface area contributed by atoms with Crippen molar-refractivity contribution in [1.82, 2.24) is 0 Å². The molecule has 0 aliphatic heterocycles. The van der Waals surface area contributed by atoms with Gasteiger partial charge in [0.1, 0.15) is 5.58 Å². The summed E-state index contributed by atoms with van der Waals surface area (Å²) in [6.07, 6.45) is 5.68. The number of ether oxygens (including phenoxy) is 1. The Balaban J connectivity index is 2.02. The van der Waals surface area contributed by atoms with Gasteiger partial charge >= 0.3 is 5.97 Å². The van der Waals surface area contributed by atoms with Crippen molar-refractivity contribution in [2.24, 2.45) is 0 Å². The molecule has 1 heterocycles. The van der Waals surface area contributed by atoms with E-state index in [0.717, 1.165) is 16.5 Å². The molecule has 0 bridgehead atoms. The predicted molar refractivity (Wildman–Crippen MR) is 66.5 cm³/mol. The second-order valence-corrected chi connectivity index (χ2v) is 3.63. The molecule has 0 saturated heterocycles. The lowest BCUT2D eigenvalue weighted by Crippen LogP contribution is -2.01. The Bertz CT molecular complexity index is 537. The maximum Gasteiger partial charge on any atom is 0.309 e. The van der Waals surface area contributed by atoms with Crippen LogP contribution < -0.4 is 0 Å². The van der Waals surface area contributed by atoms with Crippen LogP contribution in [0.3, 0.4) is 0 Å². The zero-order valence-electron chi connectivity index (χ0n) is 9.68. The summed E-state index contributed by atoms with van der Waals surface area (Å²) in [6.45, 7) is 2.22. The van der Waals surface area contributed by atoms with E-state index in [1.165, 1.54) is 0 Å². The van der Waals surface area contributed by atoms with Crippen LogP contribution in [0.25, 0.3) is 17.0 Å². The van der Waals surface area contributed by atoms with Crippen molar-refractivity contribution in [2.75, 3.05) is 6.61 Å². The minimum Gasteiger partial charge on any atom is -0.466 e. The van der Waals surface area contributed by atoms with E-state index in [1.54, 1.807) is 19.3 Å². The van der Waals surface area contributed by atoms with E-state index in [0.29, 0.717) is 13.0 Å². The van der Waals surface area contributed by atoms with Gasteiger partial charge in [0.2, 0.25) is 0 Å². The van der Waals surface area contributed by atoms with Crippen LogP contribution in [0.5, 0.6) is 0 Å². The van der Waals surface area contributed by atoms with Crippen LogP contribution in [-0.2, 0) is 9.53 Å². The highest BCUT2D eigenvalue weighted by Gasteiger charge is 1.98. The number of fused-ring (bicyclic) bond motifs is 1. The molecular weight excluding hydrogens is 216 g/mol. The highest BCUT2D eigenvalue weighted by atomic mass is 16.5. The van der Waals surface area contributed by atoms with Gasteiger partial charge in [0.05, 0.1) is 19.3 Å². The lowest BCUT2D eigenvalue weighted by molar-refractivity contribution is -0.142. The van der Waals surface area contributed by atoms with Crippen LogP contribution in [0.15, 0.2) is 41.0 Å². The molecule has 0 spiro atoms. The molecule has 2 aromatic rings. The van der Waals surface area contributed by atoms with E-state index in [9.17, 15) is 4.79 Å². The van der Waals surface area contributed by atoms with Gasteiger partial charge in [-0.1, -0.05) is 18.2 Å². The van der Waals surface area contributed by atoms with Gasteiger partial charge in [-0.05, 0) is 30.7 Å². The van der Waals surface area contributed by atoms with Crippen molar-refractivity contribution >= 4 is 23.0 Å². The second kappa shape index (κ2) is 5.34. The van der Waals surface area contributed by atoms with Gasteiger partial charge in [0.15, 0.2) is 0 Å². The van der Waals surface area contributed by atoms with Gasteiger partial charge in [-0.3, -0.25) is 4.79 Å². The second-order valence-electron chi connectivity index (χ2n) is 3.63. The number of hydrogen-bond acceptors (Lipinski definition) is 3. The van der Waals surface area contributed by atoms with E-state index < -0.39 is 0 Å². The quantitative estimate of drug-likeness (QED) is 0.756. The van der Waals surface area contributed by atoms with E-state index in [4.69, 9.17) is 9.15 Å². The summed E-state index contributed by atoms with van der Waals surface area (Å²) in [5.74, 6) is -0.201. The topological polar surface area (TPSA) is 39.4 Å². The zero-order chi connectivity index (χ0) is 12.1. The highest BCUT2D eigenvalue weighted by molar-refractivity contribution is 5.80. The van der Waals surface area contributed by atoms with Crippen molar-refractivity contribution in [3.63, 3.8) is 0 Å². The number of rotatable bonds is 4. The molecule has 0 atom stereocenters. The average molecular weight is 230 g/mol. The van der Waals surface area contributed by atoms with Crippen LogP contribution in [0.1, 0.15) is 18.9 Å². The van der Waals surface area contributed by atoms with Gasteiger partial charge in [0.25, 0.3) is 0 Å². The summed E-state index contributed by atoms with van der Waals surface area (Å²) in [7, 11) is 0. The summed E-state index contributed by atoms with van der Waals surface area (Å²) < 4.78 is 10.1. The molecule has 17 heavy (non-hydrogen) atoms. The molecule has 0 unspecified atom stereocenters. The number of carbonyl (C=O) groups is 1. The lowest BCUT2D eigenvalue weighted by Gasteiger charge is -1.97. The third-order valence-electron chi connectivity index (χ3n) is 2.38. The Morgan fingerprint density at radius 3 is 3.12 bits per heavy atom. The van der Waals surface area contributed by atoms with Crippen LogP contribution in [0, 0.1) is 0 Å². The van der Waals surface area contributed by atoms with E-state index in [1.807, 2.05) is 30.3 Å². The fourth-order valence-corrected chi connectivity index (χ4v) is 1.60. The smallest absolute Gasteiger partial charge is 0.309 e. The Kier molecular flexibility index (Phi) is 3.60. The molecule has 1 aromatic carbocycles. The Hall–Kier alpha value is -2.03. The van der Waals surface area contributed by atoms with Gasteiger partial charge in [-0.2, -0.15) is 0 Å². The van der Waals surface area contributed by atoms with E-state index >= 15 is 0 Å².